The van der Waals surface area contributed by atoms with E-state index in [1.807, 2.05) is 19.1 Å². The summed E-state index contributed by atoms with van der Waals surface area (Å²) in [6, 6.07) is 8.45. The van der Waals surface area contributed by atoms with Gasteiger partial charge in [0.05, 0.1) is 0 Å². The molecule has 0 spiro atoms. The number of carboxylic acids is 1. The first-order valence-electron chi connectivity index (χ1n) is 5.71. The third kappa shape index (κ3) is 2.79. The van der Waals surface area contributed by atoms with E-state index in [1.54, 1.807) is 12.1 Å². The van der Waals surface area contributed by atoms with Crippen molar-refractivity contribution in [3.05, 3.63) is 47.3 Å². The molecule has 1 amide bonds. The lowest BCUT2D eigenvalue weighted by molar-refractivity contribution is 0.0651. The van der Waals surface area contributed by atoms with Gasteiger partial charge in [0.15, 0.2) is 5.69 Å². The van der Waals surface area contributed by atoms with Gasteiger partial charge in [0.1, 0.15) is 0 Å². The van der Waals surface area contributed by atoms with E-state index in [1.165, 1.54) is 0 Å². The van der Waals surface area contributed by atoms with Gasteiger partial charge in [-0.1, -0.05) is 30.3 Å². The van der Waals surface area contributed by atoms with Gasteiger partial charge in [0.2, 0.25) is 5.76 Å². The van der Waals surface area contributed by atoms with Gasteiger partial charge in [-0.15, -0.1) is 0 Å². The molecule has 0 radical (unpaired) electrons. The summed E-state index contributed by atoms with van der Waals surface area (Å²) in [6.07, 6.45) is 0.773. The van der Waals surface area contributed by atoms with Crippen LogP contribution in [0, 0.1) is 0 Å². The van der Waals surface area contributed by atoms with Crippen LogP contribution in [0.4, 0.5) is 5.69 Å². The van der Waals surface area contributed by atoms with Crippen molar-refractivity contribution in [1.29, 1.82) is 0 Å². The maximum atomic E-state index is 11.9. The molecule has 0 aliphatic carbocycles. The van der Waals surface area contributed by atoms with Crippen molar-refractivity contribution in [2.45, 2.75) is 13.3 Å². The van der Waals surface area contributed by atoms with E-state index in [9.17, 15) is 9.59 Å². The summed E-state index contributed by atoms with van der Waals surface area (Å²) in [5.74, 6) is -2.13. The molecule has 1 aromatic carbocycles. The topological polar surface area (TPSA) is 92.4 Å². The maximum Gasteiger partial charge on any atom is 0.374 e. The van der Waals surface area contributed by atoms with Gasteiger partial charge < -0.3 is 14.9 Å². The fourth-order valence-electron chi connectivity index (χ4n) is 1.62. The monoisotopic (exact) mass is 260 g/mol. The molecule has 0 atom stereocenters. The van der Waals surface area contributed by atoms with Gasteiger partial charge in [-0.2, -0.15) is 0 Å². The zero-order valence-corrected chi connectivity index (χ0v) is 10.2. The Morgan fingerprint density at radius 2 is 2.11 bits per heavy atom. The Balaban J connectivity index is 2.18. The summed E-state index contributed by atoms with van der Waals surface area (Å²) < 4.78 is 4.53. The van der Waals surface area contributed by atoms with E-state index in [-0.39, 0.29) is 11.5 Å². The molecular formula is C13H12N2O4. The molecule has 98 valence electrons. The van der Waals surface area contributed by atoms with E-state index >= 15 is 0 Å². The minimum atomic E-state index is -1.26. The molecule has 1 heterocycles. The fourth-order valence-corrected chi connectivity index (χ4v) is 1.62. The number of carbonyl (C=O) groups excluding carboxylic acids is 1. The van der Waals surface area contributed by atoms with Crippen molar-refractivity contribution in [3.63, 3.8) is 0 Å². The number of amides is 1. The van der Waals surface area contributed by atoms with Crippen molar-refractivity contribution in [2.24, 2.45) is 0 Å². The number of aromatic nitrogens is 1. The first-order chi connectivity index (χ1) is 9.11. The van der Waals surface area contributed by atoms with Crippen LogP contribution < -0.4 is 5.32 Å². The van der Waals surface area contributed by atoms with E-state index in [0.717, 1.165) is 18.1 Å². The SMILES string of the molecule is CCc1ccccc1NC(=O)c1cc(C(=O)O)on1. The highest BCUT2D eigenvalue weighted by Gasteiger charge is 2.17. The van der Waals surface area contributed by atoms with Crippen molar-refractivity contribution in [1.82, 2.24) is 5.16 Å². The highest BCUT2D eigenvalue weighted by molar-refractivity contribution is 6.04. The lowest BCUT2D eigenvalue weighted by Crippen LogP contribution is -2.13. The molecule has 0 aliphatic rings. The molecule has 0 saturated heterocycles. The van der Waals surface area contributed by atoms with Crippen LogP contribution in [-0.4, -0.2) is 22.1 Å². The predicted octanol–water partition coefficient (Wildman–Crippen LogP) is 2.19. The molecule has 0 bridgehead atoms. The third-order valence-electron chi connectivity index (χ3n) is 2.60. The van der Waals surface area contributed by atoms with E-state index in [4.69, 9.17) is 5.11 Å². The quantitative estimate of drug-likeness (QED) is 0.879. The Morgan fingerprint density at radius 3 is 2.74 bits per heavy atom. The molecule has 6 heteroatoms. The number of nitrogens with zero attached hydrogens (tertiary/aromatic N) is 1. The molecule has 2 rings (SSSR count). The maximum absolute atomic E-state index is 11.9. The number of aryl methyl sites for hydroxylation is 1. The Labute approximate surface area is 109 Å². The normalized spacial score (nSPS) is 10.2. The minimum Gasteiger partial charge on any atom is -0.475 e. The second-order valence-corrected chi connectivity index (χ2v) is 3.85. The molecule has 0 unspecified atom stereocenters. The molecule has 1 aromatic heterocycles. The van der Waals surface area contributed by atoms with Crippen molar-refractivity contribution in [2.75, 3.05) is 5.32 Å². The van der Waals surface area contributed by atoms with E-state index in [2.05, 4.69) is 15.0 Å². The second kappa shape index (κ2) is 5.34. The van der Waals surface area contributed by atoms with Gasteiger partial charge in [0, 0.05) is 11.8 Å². The number of benzene rings is 1. The van der Waals surface area contributed by atoms with Gasteiger partial charge in [-0.3, -0.25) is 4.79 Å². The Hall–Kier alpha value is -2.63. The third-order valence-corrected chi connectivity index (χ3v) is 2.60. The Morgan fingerprint density at radius 1 is 1.37 bits per heavy atom. The molecule has 6 nitrogen and oxygen atoms in total. The summed E-state index contributed by atoms with van der Waals surface area (Å²) in [5.41, 5.74) is 1.59. The average molecular weight is 260 g/mol. The van der Waals surface area contributed by atoms with Crippen LogP contribution in [0.15, 0.2) is 34.9 Å². The van der Waals surface area contributed by atoms with Crippen LogP contribution in [0.2, 0.25) is 0 Å². The lowest BCUT2D eigenvalue weighted by Gasteiger charge is -2.07. The van der Waals surface area contributed by atoms with Gasteiger partial charge in [0.25, 0.3) is 5.91 Å². The highest BCUT2D eigenvalue weighted by atomic mass is 16.5. The number of anilines is 1. The summed E-state index contributed by atoms with van der Waals surface area (Å²) in [4.78, 5) is 22.5. The number of carbonyl (C=O) groups is 2. The average Bonchev–Trinajstić information content (AvgIpc) is 2.89. The molecule has 19 heavy (non-hydrogen) atoms. The molecule has 0 saturated carbocycles. The summed E-state index contributed by atoms with van der Waals surface area (Å²) >= 11 is 0. The van der Waals surface area contributed by atoms with Crippen LogP contribution in [0.25, 0.3) is 0 Å². The molecular weight excluding hydrogens is 248 g/mol. The fraction of sp³-hybridized carbons (Fsp3) is 0.154. The van der Waals surface area contributed by atoms with Crippen LogP contribution in [-0.2, 0) is 6.42 Å². The van der Waals surface area contributed by atoms with Crippen molar-refractivity contribution < 1.29 is 19.2 Å². The standard InChI is InChI=1S/C13H12N2O4/c1-2-8-5-3-4-6-9(8)14-12(16)10-7-11(13(17)18)19-15-10/h3-7H,2H2,1H3,(H,14,16)(H,17,18). The summed E-state index contributed by atoms with van der Waals surface area (Å²) in [7, 11) is 0. The predicted molar refractivity (Wildman–Crippen MR) is 67.2 cm³/mol. The largest absolute Gasteiger partial charge is 0.475 e. The van der Waals surface area contributed by atoms with Gasteiger partial charge >= 0.3 is 5.97 Å². The highest BCUT2D eigenvalue weighted by Crippen LogP contribution is 2.16. The number of hydrogen-bond donors (Lipinski definition) is 2. The van der Waals surface area contributed by atoms with Crippen LogP contribution in [0.1, 0.15) is 33.5 Å². The zero-order valence-electron chi connectivity index (χ0n) is 10.2. The Bertz CT molecular complexity index is 619. The van der Waals surface area contributed by atoms with Crippen molar-refractivity contribution in [3.8, 4) is 0 Å². The minimum absolute atomic E-state index is 0.0664. The lowest BCUT2D eigenvalue weighted by atomic mass is 10.1. The number of rotatable bonds is 4. The molecule has 2 N–H and O–H groups in total. The summed E-state index contributed by atoms with van der Waals surface area (Å²) in [5, 5.41) is 14.8. The first kappa shape index (κ1) is 12.8. The Kier molecular flexibility index (Phi) is 3.61. The molecule has 2 aromatic rings. The van der Waals surface area contributed by atoms with E-state index in [0.29, 0.717) is 5.69 Å². The molecule has 0 fully saturated rings. The zero-order chi connectivity index (χ0) is 13.8. The van der Waals surface area contributed by atoms with Crippen molar-refractivity contribution >= 4 is 17.6 Å². The number of carboxylic acid groups (broad SMARTS) is 1. The second-order valence-electron chi connectivity index (χ2n) is 3.85. The van der Waals surface area contributed by atoms with E-state index < -0.39 is 11.9 Å². The first-order valence-corrected chi connectivity index (χ1v) is 5.71. The van der Waals surface area contributed by atoms with Gasteiger partial charge in [-0.05, 0) is 18.1 Å². The number of para-hydroxylation sites is 1. The van der Waals surface area contributed by atoms with Crippen LogP contribution in [0.3, 0.4) is 0 Å². The molecule has 0 aliphatic heterocycles. The van der Waals surface area contributed by atoms with Gasteiger partial charge in [-0.25, -0.2) is 4.79 Å². The van der Waals surface area contributed by atoms with Crippen LogP contribution >= 0.6 is 0 Å². The van der Waals surface area contributed by atoms with Crippen LogP contribution in [0.5, 0.6) is 0 Å². The number of aromatic carboxylic acids is 1. The smallest absolute Gasteiger partial charge is 0.374 e. The number of nitrogens with one attached hydrogen (secondary N) is 1. The number of hydrogen-bond acceptors (Lipinski definition) is 4. The summed E-state index contributed by atoms with van der Waals surface area (Å²) in [6.45, 7) is 1.98.